The molecule has 2 rings (SSSR count). The van der Waals surface area contributed by atoms with Gasteiger partial charge in [0.15, 0.2) is 5.96 Å². The maximum atomic E-state index is 13.6. The van der Waals surface area contributed by atoms with Gasteiger partial charge in [-0.15, -0.1) is 11.3 Å². The van der Waals surface area contributed by atoms with Gasteiger partial charge in [-0.3, -0.25) is 4.99 Å². The number of halogens is 1. The molecule has 0 aliphatic carbocycles. The Kier molecular flexibility index (Phi) is 6.40. The third kappa shape index (κ3) is 4.84. The van der Waals surface area contributed by atoms with Gasteiger partial charge in [-0.1, -0.05) is 24.3 Å². The number of benzene rings is 1. The van der Waals surface area contributed by atoms with Crippen molar-refractivity contribution in [3.05, 3.63) is 58.0 Å². The van der Waals surface area contributed by atoms with Crippen molar-refractivity contribution in [3.8, 4) is 0 Å². The Bertz CT molecular complexity index is 596. The third-order valence-electron chi connectivity index (χ3n) is 3.48. The maximum absolute atomic E-state index is 13.6. The molecule has 1 aromatic heterocycles. The van der Waals surface area contributed by atoms with E-state index in [1.54, 1.807) is 24.5 Å². The zero-order chi connectivity index (χ0) is 15.8. The SMILES string of the molecule is CN=C(NCCc1ccccc1F)N(C)CCc1cccs1. The highest BCUT2D eigenvalue weighted by atomic mass is 32.1. The molecule has 0 aliphatic rings. The molecule has 0 aliphatic heterocycles. The Morgan fingerprint density at radius 1 is 1.23 bits per heavy atom. The molecule has 3 nitrogen and oxygen atoms in total. The van der Waals surface area contributed by atoms with Crippen LogP contribution in [-0.2, 0) is 12.8 Å². The van der Waals surface area contributed by atoms with Gasteiger partial charge in [0.1, 0.15) is 5.82 Å². The Labute approximate surface area is 135 Å². The Hall–Kier alpha value is -1.88. The summed E-state index contributed by atoms with van der Waals surface area (Å²) < 4.78 is 13.6. The molecule has 0 saturated heterocycles. The number of nitrogens with one attached hydrogen (secondary N) is 1. The van der Waals surface area contributed by atoms with Crippen LogP contribution in [0.15, 0.2) is 46.8 Å². The number of rotatable bonds is 6. The first kappa shape index (κ1) is 16.5. The van der Waals surface area contributed by atoms with E-state index >= 15 is 0 Å². The number of guanidine groups is 1. The minimum Gasteiger partial charge on any atom is -0.356 e. The predicted octanol–water partition coefficient (Wildman–Crippen LogP) is 3.18. The largest absolute Gasteiger partial charge is 0.356 e. The van der Waals surface area contributed by atoms with E-state index in [9.17, 15) is 4.39 Å². The van der Waals surface area contributed by atoms with Gasteiger partial charge in [0.25, 0.3) is 0 Å². The lowest BCUT2D eigenvalue weighted by molar-refractivity contribution is 0.486. The smallest absolute Gasteiger partial charge is 0.193 e. The van der Waals surface area contributed by atoms with Crippen molar-refractivity contribution < 1.29 is 4.39 Å². The fraction of sp³-hybridized carbons (Fsp3) is 0.353. The Morgan fingerprint density at radius 3 is 2.73 bits per heavy atom. The van der Waals surface area contributed by atoms with Crippen molar-refractivity contribution in [2.45, 2.75) is 12.8 Å². The van der Waals surface area contributed by atoms with Crippen molar-refractivity contribution in [2.75, 3.05) is 27.2 Å². The second kappa shape index (κ2) is 8.54. The lowest BCUT2D eigenvalue weighted by Gasteiger charge is -2.21. The number of hydrogen-bond donors (Lipinski definition) is 1. The summed E-state index contributed by atoms with van der Waals surface area (Å²) >= 11 is 1.77. The standard InChI is InChI=1S/C17H22FN3S/c1-19-17(21(2)12-10-15-7-5-13-22-15)20-11-9-14-6-3-4-8-16(14)18/h3-8,13H,9-12H2,1-2H3,(H,19,20). The highest BCUT2D eigenvalue weighted by Gasteiger charge is 2.07. The summed E-state index contributed by atoms with van der Waals surface area (Å²) in [5.74, 6) is 0.693. The third-order valence-corrected chi connectivity index (χ3v) is 4.42. The molecule has 1 aromatic carbocycles. The van der Waals surface area contributed by atoms with Crippen LogP contribution in [0, 0.1) is 5.82 Å². The zero-order valence-corrected chi connectivity index (χ0v) is 13.9. The normalized spacial score (nSPS) is 11.5. The van der Waals surface area contributed by atoms with Crippen LogP contribution < -0.4 is 5.32 Å². The van der Waals surface area contributed by atoms with E-state index < -0.39 is 0 Å². The average Bonchev–Trinajstić information content (AvgIpc) is 3.04. The minimum atomic E-state index is -0.148. The van der Waals surface area contributed by atoms with Crippen LogP contribution in [0.1, 0.15) is 10.4 Å². The molecular weight excluding hydrogens is 297 g/mol. The van der Waals surface area contributed by atoms with Crippen LogP contribution >= 0.6 is 11.3 Å². The lowest BCUT2D eigenvalue weighted by Crippen LogP contribution is -2.40. The van der Waals surface area contributed by atoms with E-state index in [-0.39, 0.29) is 5.82 Å². The molecule has 118 valence electrons. The van der Waals surface area contributed by atoms with E-state index in [4.69, 9.17) is 0 Å². The molecule has 0 fully saturated rings. The quantitative estimate of drug-likeness (QED) is 0.654. The van der Waals surface area contributed by atoms with Crippen molar-refractivity contribution in [2.24, 2.45) is 4.99 Å². The number of nitrogens with zero attached hydrogens (tertiary/aromatic N) is 2. The van der Waals surface area contributed by atoms with Gasteiger partial charge in [-0.2, -0.15) is 0 Å². The van der Waals surface area contributed by atoms with Gasteiger partial charge in [0.05, 0.1) is 0 Å². The van der Waals surface area contributed by atoms with E-state index in [0.29, 0.717) is 13.0 Å². The Morgan fingerprint density at radius 2 is 2.05 bits per heavy atom. The van der Waals surface area contributed by atoms with Crippen molar-refractivity contribution >= 4 is 17.3 Å². The van der Waals surface area contributed by atoms with Gasteiger partial charge in [-0.25, -0.2) is 4.39 Å². The molecule has 0 bridgehead atoms. The summed E-state index contributed by atoms with van der Waals surface area (Å²) in [6.45, 7) is 1.57. The highest BCUT2D eigenvalue weighted by molar-refractivity contribution is 7.09. The summed E-state index contributed by atoms with van der Waals surface area (Å²) in [6.07, 6.45) is 1.65. The molecule has 0 saturated carbocycles. The second-order valence-corrected chi connectivity index (χ2v) is 6.10. The highest BCUT2D eigenvalue weighted by Crippen LogP contribution is 2.09. The molecule has 0 radical (unpaired) electrons. The molecule has 1 N–H and O–H groups in total. The molecule has 0 unspecified atom stereocenters. The summed E-state index contributed by atoms with van der Waals surface area (Å²) in [6, 6.07) is 11.1. The van der Waals surface area contributed by atoms with Crippen LogP contribution in [-0.4, -0.2) is 38.0 Å². The summed E-state index contributed by atoms with van der Waals surface area (Å²) in [4.78, 5) is 7.75. The molecule has 22 heavy (non-hydrogen) atoms. The van der Waals surface area contributed by atoms with Crippen molar-refractivity contribution in [1.29, 1.82) is 0 Å². The fourth-order valence-electron chi connectivity index (χ4n) is 2.23. The first-order valence-corrected chi connectivity index (χ1v) is 8.26. The summed E-state index contributed by atoms with van der Waals surface area (Å²) in [5, 5.41) is 5.38. The van der Waals surface area contributed by atoms with Crippen molar-refractivity contribution in [3.63, 3.8) is 0 Å². The average molecular weight is 319 g/mol. The molecule has 0 amide bonds. The van der Waals surface area contributed by atoms with Crippen LogP contribution in [0.4, 0.5) is 4.39 Å². The fourth-order valence-corrected chi connectivity index (χ4v) is 2.93. The molecule has 5 heteroatoms. The predicted molar refractivity (Wildman–Crippen MR) is 92.1 cm³/mol. The van der Waals surface area contributed by atoms with Crippen LogP contribution in [0.5, 0.6) is 0 Å². The number of likely N-dealkylation sites (N-methyl/N-ethyl adjacent to an activating group) is 1. The van der Waals surface area contributed by atoms with E-state index in [1.165, 1.54) is 10.9 Å². The molecular formula is C17H22FN3S. The van der Waals surface area contributed by atoms with E-state index in [1.807, 2.05) is 19.2 Å². The molecule has 0 atom stereocenters. The van der Waals surface area contributed by atoms with Gasteiger partial charge in [0, 0.05) is 32.1 Å². The van der Waals surface area contributed by atoms with Crippen LogP contribution in [0.2, 0.25) is 0 Å². The first-order valence-electron chi connectivity index (χ1n) is 7.38. The van der Waals surface area contributed by atoms with Gasteiger partial charge in [-0.05, 0) is 35.9 Å². The van der Waals surface area contributed by atoms with Gasteiger partial charge in [0.2, 0.25) is 0 Å². The first-order chi connectivity index (χ1) is 10.7. The number of thiophene rings is 1. The van der Waals surface area contributed by atoms with Gasteiger partial charge >= 0.3 is 0 Å². The topological polar surface area (TPSA) is 27.6 Å². The zero-order valence-electron chi connectivity index (χ0n) is 13.1. The van der Waals surface area contributed by atoms with E-state index in [0.717, 1.165) is 24.5 Å². The summed E-state index contributed by atoms with van der Waals surface area (Å²) in [7, 11) is 3.79. The monoisotopic (exact) mass is 319 g/mol. The molecule has 2 aromatic rings. The van der Waals surface area contributed by atoms with Gasteiger partial charge < -0.3 is 10.2 Å². The van der Waals surface area contributed by atoms with Crippen LogP contribution in [0.25, 0.3) is 0 Å². The second-order valence-electron chi connectivity index (χ2n) is 5.07. The molecule has 0 spiro atoms. The van der Waals surface area contributed by atoms with E-state index in [2.05, 4.69) is 32.7 Å². The minimum absolute atomic E-state index is 0.148. The summed E-state index contributed by atoms with van der Waals surface area (Å²) in [5.41, 5.74) is 0.728. The number of hydrogen-bond acceptors (Lipinski definition) is 2. The molecule has 1 heterocycles. The Balaban J connectivity index is 1.78. The number of aliphatic imine (C=N–C) groups is 1. The lowest BCUT2D eigenvalue weighted by atomic mass is 10.1. The van der Waals surface area contributed by atoms with Crippen molar-refractivity contribution in [1.82, 2.24) is 10.2 Å². The van der Waals surface area contributed by atoms with Crippen LogP contribution in [0.3, 0.4) is 0 Å². The maximum Gasteiger partial charge on any atom is 0.193 e.